The van der Waals surface area contributed by atoms with Gasteiger partial charge in [-0.25, -0.2) is 0 Å². The Kier molecular flexibility index (Phi) is 7.24. The molecule has 5 aromatic carbocycles. The second-order valence-corrected chi connectivity index (χ2v) is 10.9. The Bertz CT molecular complexity index is 2170. The van der Waals surface area contributed by atoms with E-state index in [1.807, 2.05) is 30.4 Å². The van der Waals surface area contributed by atoms with Gasteiger partial charge < -0.3 is 9.88 Å². The molecule has 44 heavy (non-hydrogen) atoms. The Hall–Kier alpha value is -5.86. The molecule has 210 valence electrons. The lowest BCUT2D eigenvalue weighted by Crippen LogP contribution is -2.10. The molecule has 2 nitrogen and oxygen atoms in total. The quantitative estimate of drug-likeness (QED) is 0.199. The van der Waals surface area contributed by atoms with Crippen LogP contribution in [0.2, 0.25) is 0 Å². The van der Waals surface area contributed by atoms with Crippen LogP contribution < -0.4 is 4.90 Å². The number of benzene rings is 5. The van der Waals surface area contributed by atoms with Crippen molar-refractivity contribution in [2.75, 3.05) is 4.90 Å². The van der Waals surface area contributed by atoms with Crippen molar-refractivity contribution in [3.63, 3.8) is 0 Å². The Balaban J connectivity index is 1.24. The van der Waals surface area contributed by atoms with Crippen molar-refractivity contribution in [2.24, 2.45) is 0 Å². The van der Waals surface area contributed by atoms with E-state index in [2.05, 4.69) is 151 Å². The van der Waals surface area contributed by atoms with Gasteiger partial charge in [-0.1, -0.05) is 122 Å². The van der Waals surface area contributed by atoms with E-state index in [9.17, 15) is 0 Å². The molecule has 0 atom stereocenters. The molecule has 6 aromatic rings. The first-order chi connectivity index (χ1) is 21.7. The highest BCUT2D eigenvalue weighted by atomic mass is 15.1. The van der Waals surface area contributed by atoms with Gasteiger partial charge in [0.2, 0.25) is 0 Å². The molecule has 1 N–H and O–H groups in total. The average molecular weight is 565 g/mol. The van der Waals surface area contributed by atoms with Gasteiger partial charge in [-0.05, 0) is 81.4 Å². The lowest BCUT2D eigenvalue weighted by Gasteiger charge is -2.22. The Morgan fingerprint density at radius 2 is 1.23 bits per heavy atom. The number of hydrogen-bond donors (Lipinski definition) is 1. The SMILES string of the molecule is C=C/C=C\C=C/N1/C=C\C=C/C(=C)c2ccc(-c3cccc(-c4cccc(-c5ccc6c(c5)[nH]c5ccccc56)c4)c3)cc21. The van der Waals surface area contributed by atoms with Crippen molar-refractivity contribution >= 4 is 33.1 Å². The van der Waals surface area contributed by atoms with Crippen LogP contribution in [0.3, 0.4) is 0 Å². The zero-order valence-corrected chi connectivity index (χ0v) is 24.4. The van der Waals surface area contributed by atoms with E-state index in [0.717, 1.165) is 33.5 Å². The monoisotopic (exact) mass is 564 g/mol. The molecule has 0 radical (unpaired) electrons. The summed E-state index contributed by atoms with van der Waals surface area (Å²) in [5, 5.41) is 2.51. The fraction of sp³-hybridized carbons (Fsp3) is 0. The van der Waals surface area contributed by atoms with Gasteiger partial charge in [0.05, 0.1) is 5.69 Å². The molecule has 2 heteroatoms. The Morgan fingerprint density at radius 1 is 0.568 bits per heavy atom. The minimum absolute atomic E-state index is 0.979. The van der Waals surface area contributed by atoms with Crippen molar-refractivity contribution in [2.45, 2.75) is 0 Å². The second-order valence-electron chi connectivity index (χ2n) is 10.9. The van der Waals surface area contributed by atoms with Gasteiger partial charge in [-0.3, -0.25) is 0 Å². The summed E-state index contributed by atoms with van der Waals surface area (Å²) in [5.41, 5.74) is 12.6. The van der Waals surface area contributed by atoms with Crippen molar-refractivity contribution in [3.8, 4) is 33.4 Å². The molecule has 7 rings (SSSR count). The molecular weight excluding hydrogens is 532 g/mol. The molecule has 1 aliphatic rings. The van der Waals surface area contributed by atoms with E-state index in [1.165, 1.54) is 38.5 Å². The van der Waals surface area contributed by atoms with Crippen LogP contribution >= 0.6 is 0 Å². The van der Waals surface area contributed by atoms with Crippen molar-refractivity contribution in [3.05, 3.63) is 183 Å². The third-order valence-electron chi connectivity index (χ3n) is 8.11. The van der Waals surface area contributed by atoms with Gasteiger partial charge in [0.25, 0.3) is 0 Å². The number of anilines is 1. The molecule has 0 bridgehead atoms. The molecule has 1 aliphatic heterocycles. The van der Waals surface area contributed by atoms with E-state index >= 15 is 0 Å². The van der Waals surface area contributed by atoms with Crippen LogP contribution in [0.1, 0.15) is 5.56 Å². The number of fused-ring (bicyclic) bond motifs is 4. The first-order valence-corrected chi connectivity index (χ1v) is 14.8. The van der Waals surface area contributed by atoms with Crippen LogP contribution in [0.4, 0.5) is 5.69 Å². The van der Waals surface area contributed by atoms with E-state index in [-0.39, 0.29) is 0 Å². The zero-order chi connectivity index (χ0) is 29.9. The van der Waals surface area contributed by atoms with Crippen LogP contribution in [0.5, 0.6) is 0 Å². The number of hydrogen-bond acceptors (Lipinski definition) is 1. The molecular formula is C42H32N2. The van der Waals surface area contributed by atoms with Crippen molar-refractivity contribution in [1.29, 1.82) is 0 Å². The van der Waals surface area contributed by atoms with Gasteiger partial charge >= 0.3 is 0 Å². The lowest BCUT2D eigenvalue weighted by molar-refractivity contribution is 1.27. The van der Waals surface area contributed by atoms with Crippen LogP contribution in [-0.4, -0.2) is 4.98 Å². The normalized spacial score (nSPS) is 14.6. The summed E-state index contributed by atoms with van der Waals surface area (Å²) in [6, 6.07) is 39.4. The van der Waals surface area contributed by atoms with Gasteiger partial charge in [-0.2, -0.15) is 0 Å². The van der Waals surface area contributed by atoms with Crippen molar-refractivity contribution in [1.82, 2.24) is 4.98 Å². The maximum atomic E-state index is 4.32. The van der Waals surface area contributed by atoms with Gasteiger partial charge in [0.1, 0.15) is 0 Å². The van der Waals surface area contributed by atoms with Gasteiger partial charge in [-0.15, -0.1) is 0 Å². The molecule has 0 unspecified atom stereocenters. The number of para-hydroxylation sites is 1. The predicted octanol–water partition coefficient (Wildman–Crippen LogP) is 11.5. The standard InChI is InChI=1S/C42H32N2/c1-3-4-5-9-24-44-25-10-8-13-30(2)37-22-20-36(29-42(37)44)34-17-12-15-32(27-34)31-14-11-16-33(26-31)35-21-23-39-38-18-6-7-19-40(38)43-41(39)28-35/h3-29,43H,1-2H2/b5-4-,13-8-,24-9-,25-10-. The smallest absolute Gasteiger partial charge is 0.0533 e. The summed E-state index contributed by atoms with van der Waals surface area (Å²) < 4.78 is 0. The Morgan fingerprint density at radius 3 is 1.98 bits per heavy atom. The number of nitrogens with zero attached hydrogens (tertiary/aromatic N) is 1. The summed E-state index contributed by atoms with van der Waals surface area (Å²) >= 11 is 0. The van der Waals surface area contributed by atoms with Crippen LogP contribution in [0, 0.1) is 0 Å². The summed E-state index contributed by atoms with van der Waals surface area (Å²) in [6.45, 7) is 8.08. The molecule has 0 amide bonds. The second kappa shape index (κ2) is 11.8. The van der Waals surface area contributed by atoms with Crippen LogP contribution in [-0.2, 0) is 0 Å². The molecule has 0 spiro atoms. The highest BCUT2D eigenvalue weighted by Crippen LogP contribution is 2.36. The number of H-pyrrole nitrogens is 1. The highest BCUT2D eigenvalue weighted by molar-refractivity contribution is 6.08. The topological polar surface area (TPSA) is 19.0 Å². The van der Waals surface area contributed by atoms with E-state index in [4.69, 9.17) is 0 Å². The van der Waals surface area contributed by atoms with E-state index in [1.54, 1.807) is 6.08 Å². The Labute approximate surface area is 258 Å². The molecule has 0 fully saturated rings. The summed E-state index contributed by atoms with van der Waals surface area (Å²) in [4.78, 5) is 5.72. The first-order valence-electron chi connectivity index (χ1n) is 14.8. The zero-order valence-electron chi connectivity index (χ0n) is 24.4. The fourth-order valence-electron chi connectivity index (χ4n) is 5.89. The molecule has 0 saturated heterocycles. The van der Waals surface area contributed by atoms with Crippen LogP contribution in [0.15, 0.2) is 177 Å². The molecule has 0 aliphatic carbocycles. The number of nitrogens with one attached hydrogen (secondary N) is 1. The number of aromatic amines is 1. The maximum Gasteiger partial charge on any atom is 0.0533 e. The van der Waals surface area contributed by atoms with Gasteiger partial charge in [0.15, 0.2) is 0 Å². The lowest BCUT2D eigenvalue weighted by atomic mass is 9.94. The largest absolute Gasteiger partial charge is 0.354 e. The minimum atomic E-state index is 0.979. The highest BCUT2D eigenvalue weighted by Gasteiger charge is 2.13. The minimum Gasteiger partial charge on any atom is -0.354 e. The fourth-order valence-corrected chi connectivity index (χ4v) is 5.89. The molecule has 0 saturated carbocycles. The van der Waals surface area contributed by atoms with Crippen LogP contribution in [0.25, 0.3) is 60.8 Å². The maximum absolute atomic E-state index is 4.32. The summed E-state index contributed by atoms with van der Waals surface area (Å²) in [6.07, 6.45) is 17.9. The molecule has 2 heterocycles. The number of allylic oxidation sites excluding steroid dienone is 8. The molecule has 1 aromatic heterocycles. The average Bonchev–Trinajstić information content (AvgIpc) is 3.44. The third kappa shape index (κ3) is 5.26. The van der Waals surface area contributed by atoms with Crippen molar-refractivity contribution < 1.29 is 0 Å². The number of aromatic nitrogens is 1. The summed E-state index contributed by atoms with van der Waals surface area (Å²) in [5.74, 6) is 0. The summed E-state index contributed by atoms with van der Waals surface area (Å²) in [7, 11) is 0. The first kappa shape index (κ1) is 27.0. The van der Waals surface area contributed by atoms with E-state index in [0.29, 0.717) is 0 Å². The number of rotatable bonds is 6. The van der Waals surface area contributed by atoms with Gasteiger partial charge in [0, 0.05) is 39.8 Å². The van der Waals surface area contributed by atoms with E-state index < -0.39 is 0 Å². The predicted molar refractivity (Wildman–Crippen MR) is 190 cm³/mol. The third-order valence-corrected chi connectivity index (χ3v) is 8.11.